The molecule has 2 amide bonds. The predicted molar refractivity (Wildman–Crippen MR) is 120 cm³/mol. The molecule has 3 rings (SSSR count). The maximum Gasteiger partial charge on any atom is 0.337 e. The summed E-state index contributed by atoms with van der Waals surface area (Å²) >= 11 is 0. The van der Waals surface area contributed by atoms with Crippen LogP contribution in [0.1, 0.15) is 34.1 Å². The third-order valence-corrected chi connectivity index (χ3v) is 5.24. The molecule has 1 aliphatic heterocycles. The van der Waals surface area contributed by atoms with Gasteiger partial charge in [-0.15, -0.1) is 0 Å². The number of carbonyl (C=O) groups is 3. The van der Waals surface area contributed by atoms with E-state index in [0.717, 1.165) is 6.42 Å². The summed E-state index contributed by atoms with van der Waals surface area (Å²) in [6.45, 7) is 5.44. The molecule has 0 spiro atoms. The molecule has 9 heteroatoms. The minimum atomic E-state index is -1.10. The first-order chi connectivity index (χ1) is 15.4. The third-order valence-electron chi connectivity index (χ3n) is 5.24. The lowest BCUT2D eigenvalue weighted by Crippen LogP contribution is -2.49. The van der Waals surface area contributed by atoms with Crippen LogP contribution in [0.15, 0.2) is 42.5 Å². The Balaban J connectivity index is 1.65. The Labute approximate surface area is 186 Å². The molecule has 32 heavy (non-hydrogen) atoms. The lowest BCUT2D eigenvalue weighted by molar-refractivity contribution is -0.122. The zero-order valence-electron chi connectivity index (χ0n) is 17.9. The number of anilines is 2. The van der Waals surface area contributed by atoms with Gasteiger partial charge in [0.1, 0.15) is 5.82 Å². The van der Waals surface area contributed by atoms with Gasteiger partial charge in [-0.3, -0.25) is 14.5 Å². The van der Waals surface area contributed by atoms with Gasteiger partial charge in [-0.1, -0.05) is 6.92 Å². The van der Waals surface area contributed by atoms with E-state index in [1.54, 1.807) is 12.1 Å². The molecule has 2 aromatic carbocycles. The van der Waals surface area contributed by atoms with Crippen molar-refractivity contribution in [1.29, 1.82) is 0 Å². The summed E-state index contributed by atoms with van der Waals surface area (Å²) in [6.07, 6.45) is 0.887. The fourth-order valence-electron chi connectivity index (χ4n) is 3.54. The van der Waals surface area contributed by atoms with Gasteiger partial charge >= 0.3 is 5.97 Å². The van der Waals surface area contributed by atoms with E-state index in [2.05, 4.69) is 10.6 Å². The molecule has 1 fully saturated rings. The highest BCUT2D eigenvalue weighted by Gasteiger charge is 2.23. The summed E-state index contributed by atoms with van der Waals surface area (Å²) in [6, 6.07) is 9.84. The first kappa shape index (κ1) is 23.2. The van der Waals surface area contributed by atoms with Crippen LogP contribution in [0, 0.1) is 5.82 Å². The molecular formula is C23H27FN4O4. The number of nitrogens with one attached hydrogen (secondary N) is 2. The van der Waals surface area contributed by atoms with Crippen LogP contribution in [0.2, 0.25) is 0 Å². The van der Waals surface area contributed by atoms with E-state index < -0.39 is 17.7 Å². The Morgan fingerprint density at radius 3 is 2.34 bits per heavy atom. The summed E-state index contributed by atoms with van der Waals surface area (Å²) in [7, 11) is 0. The third kappa shape index (κ3) is 6.04. The van der Waals surface area contributed by atoms with Gasteiger partial charge in [0.15, 0.2) is 0 Å². The average Bonchev–Trinajstić information content (AvgIpc) is 2.78. The summed E-state index contributed by atoms with van der Waals surface area (Å²) in [5.74, 6) is -2.00. The number of piperazine rings is 1. The monoisotopic (exact) mass is 442 g/mol. The maximum absolute atomic E-state index is 13.1. The number of hydrogen-bond donors (Lipinski definition) is 3. The Kier molecular flexibility index (Phi) is 7.77. The van der Waals surface area contributed by atoms with Gasteiger partial charge in [-0.2, -0.15) is 0 Å². The van der Waals surface area contributed by atoms with E-state index in [1.807, 2.05) is 16.7 Å². The van der Waals surface area contributed by atoms with Crippen LogP contribution in [0.4, 0.5) is 15.8 Å². The second kappa shape index (κ2) is 10.7. The summed E-state index contributed by atoms with van der Waals surface area (Å²) in [4.78, 5) is 40.2. The highest BCUT2D eigenvalue weighted by atomic mass is 19.1. The van der Waals surface area contributed by atoms with Gasteiger partial charge in [0.05, 0.1) is 17.8 Å². The summed E-state index contributed by atoms with van der Waals surface area (Å²) in [5, 5.41) is 15.2. The standard InChI is InChI=1S/C23H27FN4O4/c1-2-9-25-21(29)15-27-10-12-28(13-11-27)20-8-7-18(14-19(20)23(31)32)26-22(30)16-3-5-17(24)6-4-16/h3-8,14H,2,9-13,15H2,1H3,(H,25,29)(H,26,30)(H,31,32). The average molecular weight is 442 g/mol. The minimum absolute atomic E-state index is 0.00669. The van der Waals surface area contributed by atoms with E-state index in [1.165, 1.54) is 30.3 Å². The molecule has 170 valence electrons. The quantitative estimate of drug-likeness (QED) is 0.580. The number of hydrogen-bond acceptors (Lipinski definition) is 5. The number of amides is 2. The molecule has 1 aliphatic rings. The van der Waals surface area contributed by atoms with E-state index >= 15 is 0 Å². The Morgan fingerprint density at radius 1 is 1.03 bits per heavy atom. The van der Waals surface area contributed by atoms with Crippen LogP contribution in [0.3, 0.4) is 0 Å². The van der Waals surface area contributed by atoms with E-state index in [4.69, 9.17) is 0 Å². The molecule has 0 aliphatic carbocycles. The van der Waals surface area contributed by atoms with Crippen molar-refractivity contribution in [2.24, 2.45) is 0 Å². The van der Waals surface area contributed by atoms with Crippen molar-refractivity contribution in [3.05, 3.63) is 59.4 Å². The molecule has 0 bridgehead atoms. The zero-order chi connectivity index (χ0) is 23.1. The van der Waals surface area contributed by atoms with Gasteiger partial charge in [-0.05, 0) is 48.9 Å². The minimum Gasteiger partial charge on any atom is -0.478 e. The molecule has 8 nitrogen and oxygen atoms in total. The fourth-order valence-corrected chi connectivity index (χ4v) is 3.54. The lowest BCUT2D eigenvalue weighted by Gasteiger charge is -2.36. The molecule has 1 heterocycles. The summed E-state index contributed by atoms with van der Waals surface area (Å²) < 4.78 is 13.1. The lowest BCUT2D eigenvalue weighted by atomic mass is 10.1. The van der Waals surface area contributed by atoms with E-state index in [-0.39, 0.29) is 17.0 Å². The van der Waals surface area contributed by atoms with Gasteiger partial charge in [0.2, 0.25) is 5.91 Å². The topological polar surface area (TPSA) is 102 Å². The molecule has 0 aromatic heterocycles. The normalized spacial score (nSPS) is 14.1. The first-order valence-corrected chi connectivity index (χ1v) is 10.6. The van der Waals surface area contributed by atoms with Crippen molar-refractivity contribution in [1.82, 2.24) is 10.2 Å². The van der Waals surface area contributed by atoms with Crippen molar-refractivity contribution in [3.63, 3.8) is 0 Å². The van der Waals surface area contributed by atoms with Crippen LogP contribution in [0.5, 0.6) is 0 Å². The van der Waals surface area contributed by atoms with Gasteiger partial charge in [-0.25, -0.2) is 9.18 Å². The Bertz CT molecular complexity index is 972. The van der Waals surface area contributed by atoms with Crippen LogP contribution >= 0.6 is 0 Å². The number of carboxylic acids is 1. The first-order valence-electron chi connectivity index (χ1n) is 10.6. The Hall–Kier alpha value is -3.46. The number of nitrogens with zero attached hydrogens (tertiary/aromatic N) is 2. The largest absolute Gasteiger partial charge is 0.478 e. The second-order valence-electron chi connectivity index (χ2n) is 7.61. The maximum atomic E-state index is 13.1. The SMILES string of the molecule is CCCNC(=O)CN1CCN(c2ccc(NC(=O)c3ccc(F)cc3)cc2C(=O)O)CC1. The molecule has 0 saturated carbocycles. The van der Waals surface area contributed by atoms with Crippen molar-refractivity contribution < 1.29 is 23.9 Å². The van der Waals surface area contributed by atoms with Gasteiger partial charge in [0, 0.05) is 44.0 Å². The molecular weight excluding hydrogens is 415 g/mol. The smallest absolute Gasteiger partial charge is 0.337 e. The van der Waals surface area contributed by atoms with Crippen molar-refractivity contribution >= 4 is 29.2 Å². The number of carbonyl (C=O) groups excluding carboxylic acids is 2. The van der Waals surface area contributed by atoms with Crippen LogP contribution in [0.25, 0.3) is 0 Å². The van der Waals surface area contributed by atoms with E-state index in [9.17, 15) is 23.9 Å². The van der Waals surface area contributed by atoms with Crippen molar-refractivity contribution in [3.8, 4) is 0 Å². The van der Waals surface area contributed by atoms with Crippen molar-refractivity contribution in [2.75, 3.05) is 49.5 Å². The fraction of sp³-hybridized carbons (Fsp3) is 0.348. The van der Waals surface area contributed by atoms with E-state index in [0.29, 0.717) is 50.6 Å². The van der Waals surface area contributed by atoms with Crippen LogP contribution < -0.4 is 15.5 Å². The molecule has 1 saturated heterocycles. The number of carboxylic acid groups (broad SMARTS) is 1. The molecule has 0 radical (unpaired) electrons. The highest BCUT2D eigenvalue weighted by molar-refractivity contribution is 6.05. The molecule has 0 unspecified atom stereocenters. The molecule has 0 atom stereocenters. The molecule has 2 aromatic rings. The van der Waals surface area contributed by atoms with Crippen LogP contribution in [-0.2, 0) is 4.79 Å². The number of rotatable bonds is 8. The van der Waals surface area contributed by atoms with Gasteiger partial charge in [0.25, 0.3) is 5.91 Å². The van der Waals surface area contributed by atoms with Crippen molar-refractivity contribution in [2.45, 2.75) is 13.3 Å². The molecule has 3 N–H and O–H groups in total. The predicted octanol–water partition coefficient (Wildman–Crippen LogP) is 2.42. The zero-order valence-corrected chi connectivity index (χ0v) is 17.9. The number of aromatic carboxylic acids is 1. The number of benzene rings is 2. The Morgan fingerprint density at radius 2 is 1.72 bits per heavy atom. The number of halogens is 1. The summed E-state index contributed by atoms with van der Waals surface area (Å²) in [5.41, 5.74) is 1.25. The second-order valence-corrected chi connectivity index (χ2v) is 7.61. The highest BCUT2D eigenvalue weighted by Crippen LogP contribution is 2.26. The van der Waals surface area contributed by atoms with Gasteiger partial charge < -0.3 is 20.6 Å². The van der Waals surface area contributed by atoms with Crippen LogP contribution in [-0.4, -0.2) is 67.1 Å².